The van der Waals surface area contributed by atoms with Gasteiger partial charge in [-0.3, -0.25) is 45.5 Å². The minimum Gasteiger partial charge on any atom is -0.479 e. The lowest BCUT2D eigenvalue weighted by atomic mass is 9.95. The number of carbonyl (C=O) groups is 2. The van der Waals surface area contributed by atoms with Crippen molar-refractivity contribution in [1.29, 1.82) is 0 Å². The molecule has 0 saturated carbocycles. The number of rotatable bonds is 37. The van der Waals surface area contributed by atoms with Gasteiger partial charge in [-0.05, 0) is 0 Å². The van der Waals surface area contributed by atoms with Crippen LogP contribution in [-0.2, 0) is 217 Å². The first-order valence-corrected chi connectivity index (χ1v) is 39.4. The smallest absolute Gasteiger partial charge is 0.397 e. The third kappa shape index (κ3) is 27.0. The molecular weight excluding hydrogens is 1660 g/mol. The van der Waals surface area contributed by atoms with Gasteiger partial charge in [-0.15, -0.1) is 0 Å². The van der Waals surface area contributed by atoms with E-state index < -0.39 is 289 Å². The number of aliphatic hydroxyl groups excluding tert-OH is 1. The van der Waals surface area contributed by atoms with E-state index in [2.05, 4.69) is 41.8 Å². The molecule has 5 heterocycles. The summed E-state index contributed by atoms with van der Waals surface area (Å²) in [7, 11) is -58.4. The summed E-state index contributed by atoms with van der Waals surface area (Å²) in [5.41, 5.74) is 0. The lowest BCUT2D eigenvalue weighted by molar-refractivity contribution is -0.385. The molecule has 58 nitrogen and oxygen atoms in total. The van der Waals surface area contributed by atoms with Gasteiger partial charge in [-0.2, -0.15) is 84.2 Å². The van der Waals surface area contributed by atoms with Gasteiger partial charge in [0.1, 0.15) is 85.5 Å². The van der Waals surface area contributed by atoms with Crippen LogP contribution in [0.2, 0.25) is 0 Å². The highest BCUT2D eigenvalue weighted by Crippen LogP contribution is 2.42. The third-order valence-corrected chi connectivity index (χ3v) is 17.9. The topological polar surface area (TPSA) is 851 Å². The molecule has 0 radical (unpaired) electrons. The maximum Gasteiger partial charge on any atom is 0.397 e. The van der Waals surface area contributed by atoms with Gasteiger partial charge in [-0.25, -0.2) is 51.4 Å². The second-order valence-electron chi connectivity index (χ2n) is 19.9. The summed E-state index contributed by atoms with van der Waals surface area (Å²) >= 11 is 0. The molecule has 0 aliphatic carbocycles. The summed E-state index contributed by atoms with van der Waals surface area (Å²) in [6.45, 7) is -5.44. The molecule has 0 spiro atoms. The first-order valence-electron chi connectivity index (χ1n) is 25.7. The minimum atomic E-state index is -6.45. The Bertz CT molecular complexity index is 4100. The van der Waals surface area contributed by atoms with Gasteiger partial charge in [0, 0.05) is 28.4 Å². The molecule has 0 amide bonds. The molecule has 102 heavy (non-hydrogen) atoms. The molecule has 25 atom stereocenters. The Morgan fingerprint density at radius 3 is 0.794 bits per heavy atom. The zero-order chi connectivity index (χ0) is 78.0. The lowest BCUT2D eigenvalue weighted by Gasteiger charge is -2.51. The summed E-state index contributed by atoms with van der Waals surface area (Å²) < 4.78 is 455. The molecule has 0 aromatic carbocycles. The summed E-state index contributed by atoms with van der Waals surface area (Å²) in [6, 6.07) is 0. The average molecular weight is 1710 g/mol. The van der Waals surface area contributed by atoms with Crippen molar-refractivity contribution in [2.75, 3.05) is 48.3 Å². The zero-order valence-electron chi connectivity index (χ0n) is 49.8. The molecule has 1 unspecified atom stereocenters. The lowest BCUT2D eigenvalue weighted by Crippen LogP contribution is -2.70. The number of hydrogen-bond acceptors (Lipinski definition) is 46. The molecule has 5 aliphatic heterocycles. The molecule has 0 aromatic rings. The molecule has 13 N–H and O–H groups in total. The van der Waals surface area contributed by atoms with Gasteiger partial charge in [0.05, 0.1) is 19.8 Å². The Morgan fingerprint density at radius 1 is 0.275 bits per heavy atom. The Morgan fingerprint density at radius 2 is 0.500 bits per heavy atom. The normalized spacial score (nSPS) is 36.1. The first kappa shape index (κ1) is 89.7. The van der Waals surface area contributed by atoms with Crippen molar-refractivity contribution >= 4 is 116 Å². The van der Waals surface area contributed by atoms with Gasteiger partial charge in [0.15, 0.2) is 68.1 Å². The number of carboxylic acid groups (broad SMARTS) is 2. The maximum absolute atomic E-state index is 13.3. The van der Waals surface area contributed by atoms with Gasteiger partial charge in [-0.1, -0.05) is 0 Å². The van der Waals surface area contributed by atoms with Crippen LogP contribution in [0.4, 0.5) is 0 Å². The number of ether oxygens (including phenoxy) is 13. The summed E-state index contributed by atoms with van der Waals surface area (Å²) in [5.74, 6) is -4.95. The van der Waals surface area contributed by atoms with E-state index in [1.54, 1.807) is 0 Å². The first-order chi connectivity index (χ1) is 46.1. The van der Waals surface area contributed by atoms with Gasteiger partial charge in [0.25, 0.3) is 0 Å². The number of carboxylic acids is 2. The van der Waals surface area contributed by atoms with Crippen LogP contribution < -0.4 is 0 Å². The molecule has 68 heteroatoms. The molecule has 5 fully saturated rings. The van der Waals surface area contributed by atoms with Crippen LogP contribution in [0.25, 0.3) is 0 Å². The van der Waals surface area contributed by atoms with Crippen LogP contribution in [0.1, 0.15) is 0 Å². The molecule has 0 aromatic heterocycles. The van der Waals surface area contributed by atoms with E-state index in [1.165, 1.54) is 0 Å². The van der Waals surface area contributed by atoms with Gasteiger partial charge in [0.2, 0.25) is 0 Å². The Balaban J connectivity index is 1.70. The quantitative estimate of drug-likeness (QED) is 0.0257. The predicted octanol–water partition coefficient (Wildman–Crippen LogP) is -10.9. The largest absolute Gasteiger partial charge is 0.479 e. The molecule has 600 valence electrons. The fourth-order valence-electron chi connectivity index (χ4n) is 10.0. The highest BCUT2D eigenvalue weighted by Gasteiger charge is 2.63. The molecule has 5 rings (SSSR count). The van der Waals surface area contributed by atoms with E-state index in [9.17, 15) is 155 Å². The van der Waals surface area contributed by atoms with Crippen molar-refractivity contribution in [3.8, 4) is 0 Å². The van der Waals surface area contributed by atoms with Crippen LogP contribution in [0.15, 0.2) is 0 Å². The van der Waals surface area contributed by atoms with Crippen molar-refractivity contribution in [1.82, 2.24) is 0 Å². The van der Waals surface area contributed by atoms with Crippen LogP contribution in [-0.4, -0.2) is 359 Å². The van der Waals surface area contributed by atoms with E-state index >= 15 is 0 Å². The Kier molecular flexibility index (Phi) is 30.2. The van der Waals surface area contributed by atoms with E-state index in [1.807, 2.05) is 0 Å². The van der Waals surface area contributed by atoms with E-state index in [0.29, 0.717) is 28.4 Å². The highest BCUT2D eigenvalue weighted by molar-refractivity contribution is 7.83. The van der Waals surface area contributed by atoms with E-state index in [0.717, 1.165) is 0 Å². The minimum absolute atomic E-state index is 0.374. The Hall–Kier alpha value is -2.92. The van der Waals surface area contributed by atoms with Crippen molar-refractivity contribution < 1.29 is 258 Å². The second-order valence-corrected chi connectivity index (χ2v) is 30.5. The van der Waals surface area contributed by atoms with E-state index in [4.69, 9.17) is 61.6 Å². The fraction of sp³-hybridized carbons (Fsp3) is 0.941. The zero-order valence-corrected chi connectivity index (χ0v) is 58.0. The average Bonchev–Trinajstić information content (AvgIpc) is 1.39. The van der Waals surface area contributed by atoms with Crippen molar-refractivity contribution in [2.45, 2.75) is 154 Å². The fourth-order valence-corrected chi connectivity index (χ4v) is 14.4. The van der Waals surface area contributed by atoms with Crippen molar-refractivity contribution in [2.24, 2.45) is 0 Å². The predicted molar refractivity (Wildman–Crippen MR) is 291 cm³/mol. The summed E-state index contributed by atoms with van der Waals surface area (Å²) in [6.07, 6.45) is -74.3. The second kappa shape index (κ2) is 34.3. The van der Waals surface area contributed by atoms with Gasteiger partial charge < -0.3 is 76.9 Å². The molecule has 5 saturated heterocycles. The number of aliphatic carboxylic acids is 2. The molecule has 0 bridgehead atoms. The summed E-state index contributed by atoms with van der Waals surface area (Å²) in [4.78, 5) is 26.6. The third-order valence-electron chi connectivity index (χ3n) is 13.3. The number of methoxy groups -OCH3 is 4. The Labute approximate surface area is 572 Å². The number of hydrogen-bond donors (Lipinski definition) is 13. The highest BCUT2D eigenvalue weighted by atomic mass is 32.3. The summed E-state index contributed by atoms with van der Waals surface area (Å²) in [5, 5.41) is 31.9. The molecule has 5 aliphatic rings. The standard InChI is InChI=1S/C34H56O58S10/c1-70-11-8(5-74-93(40,41)42)78-32(26(91-101(64,65)66)18(11)86-96(49,50)51)82-16-14(71-2)24(73-4)31(84-21(16)28(35)36)80-13-10(7-76-95(46,47)48)79-33(27(92-102(67,68)69)20(13)88-98(55,56)57)83-17-15(72-3)25(90-100(61,62)63)34(85-22(17)29(37)38)81-12-9(6-75-94(43,44)45)77-30(39)23(89-99(58,59)60)19(12)87-97(52,53)54/h8-27,30-34,39H,5-7H2,1-4H3,(H,35,36)(H,37,38)(H,40,41,42)(H,43,44,45)(H,46,47,48)(H,49,50,51)(H,52,53,54)(H,55,56,57)(H,58,59,60)(H,61,62,63)(H,64,65,66)(H,67,68,69)/t8-,9-,10-,11-,12-,13-,14+,15+,16+,17+,18+,19+,20+,21+,22-,23-,24-,25-,26-,27-,30?,31-,32-,33-,34-/m1/s1. The monoisotopic (exact) mass is 1710 g/mol. The number of aliphatic hydroxyl groups is 1. The van der Waals surface area contributed by atoms with Crippen LogP contribution >= 0.6 is 0 Å². The maximum atomic E-state index is 13.3. The van der Waals surface area contributed by atoms with Crippen LogP contribution in [0.5, 0.6) is 0 Å². The molecular formula is C34H56O58S10. The van der Waals surface area contributed by atoms with Gasteiger partial charge >= 0.3 is 116 Å². The van der Waals surface area contributed by atoms with Crippen molar-refractivity contribution in [3.63, 3.8) is 0 Å². The van der Waals surface area contributed by atoms with Crippen LogP contribution in [0, 0.1) is 0 Å². The van der Waals surface area contributed by atoms with Crippen LogP contribution in [0.3, 0.4) is 0 Å². The van der Waals surface area contributed by atoms with E-state index in [-0.39, 0.29) is 0 Å². The van der Waals surface area contributed by atoms with Crippen molar-refractivity contribution in [3.05, 3.63) is 0 Å². The SMILES string of the molecule is CO[C@@H]1[C@@H](OC)[C@H](O[C@H]2[C@H](OS(=O)(=O)O)[C@@H](OS(=O)(=O)O)[C@@H](O[C@H]3[C@H](OC)[C@@H](OS(=O)(=O)O)[C@H](O[C@H]4[C@H](OS(=O)(=O)O)[C@@H](OS(=O)(=O)O)C(O)O[C@@H]4COS(=O)(=O)O)O[C@H]3C(=O)O)O[C@@H]2COS(=O)(=O)O)O[C@H](C(=O)O)[C@H]1O[C@H]1O[C@H](COS(=O)(=O)O)[C@@H](OC)[C@H](OS(=O)(=O)O)[C@H]1OS(=O)(=O)O.